The topological polar surface area (TPSA) is 50.1 Å². The number of hydrogen-bond donors (Lipinski definition) is 0. The summed E-state index contributed by atoms with van der Waals surface area (Å²) in [5, 5.41) is 4.91. The first-order valence-electron chi connectivity index (χ1n) is 11.6. The number of aromatic nitrogens is 4. The summed E-state index contributed by atoms with van der Waals surface area (Å²) in [5.74, 6) is 1.29. The van der Waals surface area contributed by atoms with Crippen LogP contribution in [0.3, 0.4) is 0 Å². The van der Waals surface area contributed by atoms with Gasteiger partial charge in [-0.1, -0.05) is 29.8 Å². The molecule has 31 heavy (non-hydrogen) atoms. The van der Waals surface area contributed by atoms with Gasteiger partial charge in [0, 0.05) is 57.1 Å². The summed E-state index contributed by atoms with van der Waals surface area (Å²) < 4.78 is 1.95. The van der Waals surface area contributed by atoms with Crippen molar-refractivity contribution in [3.05, 3.63) is 59.5 Å². The van der Waals surface area contributed by atoms with Gasteiger partial charge in [-0.25, -0.2) is 9.97 Å². The smallest absolute Gasteiger partial charge is 0.225 e. The summed E-state index contributed by atoms with van der Waals surface area (Å²) >= 11 is 0. The van der Waals surface area contributed by atoms with E-state index < -0.39 is 0 Å². The second-order valence-corrected chi connectivity index (χ2v) is 9.10. The quantitative estimate of drug-likeness (QED) is 0.625. The van der Waals surface area contributed by atoms with Crippen LogP contribution in [0.5, 0.6) is 0 Å². The normalized spacial score (nSPS) is 19.8. The summed E-state index contributed by atoms with van der Waals surface area (Å²) in [5.41, 5.74) is 6.06. The van der Waals surface area contributed by atoms with Gasteiger partial charge in [-0.05, 0) is 50.8 Å². The zero-order valence-corrected chi connectivity index (χ0v) is 18.7. The number of benzene rings is 1. The Balaban J connectivity index is 1.38. The summed E-state index contributed by atoms with van der Waals surface area (Å²) in [7, 11) is 2.02. The van der Waals surface area contributed by atoms with Crippen LogP contribution in [-0.4, -0.2) is 50.8 Å². The maximum atomic E-state index is 4.94. The molecule has 1 atom stereocenters. The van der Waals surface area contributed by atoms with Crippen molar-refractivity contribution in [3.8, 4) is 11.3 Å². The highest BCUT2D eigenvalue weighted by Gasteiger charge is 2.27. The molecule has 2 aromatic heterocycles. The van der Waals surface area contributed by atoms with E-state index in [0.29, 0.717) is 5.92 Å². The van der Waals surface area contributed by atoms with E-state index in [9.17, 15) is 0 Å². The average molecular weight is 417 g/mol. The first kappa shape index (κ1) is 20.2. The maximum absolute atomic E-state index is 4.94. The van der Waals surface area contributed by atoms with E-state index in [4.69, 9.17) is 10.1 Å². The fourth-order valence-electron chi connectivity index (χ4n) is 5.06. The summed E-state index contributed by atoms with van der Waals surface area (Å²) in [6.07, 6.45) is 8.87. The molecule has 0 N–H and O–H groups in total. The molecule has 0 bridgehead atoms. The molecule has 162 valence electrons. The minimum Gasteiger partial charge on any atom is -0.341 e. The van der Waals surface area contributed by atoms with E-state index in [2.05, 4.69) is 52.2 Å². The van der Waals surface area contributed by atoms with E-state index in [1.54, 1.807) is 0 Å². The molecule has 0 spiro atoms. The standard InChI is InChI=1S/C25H32N6/c1-19-7-5-8-20(15-19)16-30-12-6-9-21(17-30)24-22(18-29(2)28-24)23-10-11-26-25(27-23)31-13-3-4-14-31/h5,7-8,10-11,15,18,21H,3-4,6,9,12-14,16-17H2,1-2H3/t21-/m1/s1. The molecule has 0 aliphatic carbocycles. The van der Waals surface area contributed by atoms with Gasteiger partial charge in [0.15, 0.2) is 0 Å². The second-order valence-electron chi connectivity index (χ2n) is 9.10. The largest absolute Gasteiger partial charge is 0.341 e. The lowest BCUT2D eigenvalue weighted by molar-refractivity contribution is 0.198. The van der Waals surface area contributed by atoms with Gasteiger partial charge in [0.1, 0.15) is 0 Å². The zero-order valence-electron chi connectivity index (χ0n) is 18.7. The molecule has 2 aliphatic heterocycles. The monoisotopic (exact) mass is 416 g/mol. The van der Waals surface area contributed by atoms with Gasteiger partial charge >= 0.3 is 0 Å². The first-order chi connectivity index (χ1) is 15.2. The molecule has 0 saturated carbocycles. The van der Waals surface area contributed by atoms with Crippen LogP contribution in [0.2, 0.25) is 0 Å². The molecule has 0 radical (unpaired) electrons. The van der Waals surface area contributed by atoms with Gasteiger partial charge in [-0.15, -0.1) is 0 Å². The van der Waals surface area contributed by atoms with Gasteiger partial charge < -0.3 is 4.90 Å². The maximum Gasteiger partial charge on any atom is 0.225 e. The van der Waals surface area contributed by atoms with Crippen molar-refractivity contribution in [2.75, 3.05) is 31.1 Å². The molecule has 2 saturated heterocycles. The van der Waals surface area contributed by atoms with Crippen molar-refractivity contribution in [2.24, 2.45) is 7.05 Å². The highest BCUT2D eigenvalue weighted by atomic mass is 15.3. The van der Waals surface area contributed by atoms with E-state index in [-0.39, 0.29) is 0 Å². The van der Waals surface area contributed by atoms with Crippen LogP contribution in [0, 0.1) is 6.92 Å². The Labute approximate surface area is 184 Å². The molecule has 4 heterocycles. The van der Waals surface area contributed by atoms with Crippen molar-refractivity contribution in [2.45, 2.75) is 45.1 Å². The lowest BCUT2D eigenvalue weighted by Crippen LogP contribution is -2.34. The number of piperidine rings is 1. The van der Waals surface area contributed by atoms with E-state index in [1.165, 1.54) is 42.5 Å². The third kappa shape index (κ3) is 4.49. The third-order valence-corrected chi connectivity index (χ3v) is 6.55. The van der Waals surface area contributed by atoms with Crippen LogP contribution in [0.1, 0.15) is 48.4 Å². The summed E-state index contributed by atoms with van der Waals surface area (Å²) in [6.45, 7) is 7.48. The number of likely N-dealkylation sites (tertiary alicyclic amines) is 1. The van der Waals surface area contributed by atoms with Crippen molar-refractivity contribution in [1.82, 2.24) is 24.6 Å². The van der Waals surface area contributed by atoms with Crippen LogP contribution < -0.4 is 4.90 Å². The predicted molar refractivity (Wildman–Crippen MR) is 124 cm³/mol. The first-order valence-corrected chi connectivity index (χ1v) is 11.6. The number of rotatable bonds is 5. The minimum atomic E-state index is 0.431. The molecule has 6 heteroatoms. The van der Waals surface area contributed by atoms with Crippen molar-refractivity contribution < 1.29 is 0 Å². The van der Waals surface area contributed by atoms with Crippen LogP contribution >= 0.6 is 0 Å². The Morgan fingerprint density at radius 2 is 1.94 bits per heavy atom. The lowest BCUT2D eigenvalue weighted by Gasteiger charge is -2.32. The third-order valence-electron chi connectivity index (χ3n) is 6.55. The van der Waals surface area contributed by atoms with Crippen molar-refractivity contribution >= 4 is 5.95 Å². The molecule has 2 fully saturated rings. The number of hydrogen-bond acceptors (Lipinski definition) is 5. The number of nitrogens with zero attached hydrogens (tertiary/aromatic N) is 6. The second kappa shape index (κ2) is 8.79. The zero-order chi connectivity index (χ0) is 21.2. The molecule has 1 aromatic carbocycles. The Bertz CT molecular complexity index is 1040. The van der Waals surface area contributed by atoms with E-state index in [0.717, 1.165) is 49.9 Å². The molecule has 5 rings (SSSR count). The van der Waals surface area contributed by atoms with Gasteiger partial charge in [-0.3, -0.25) is 9.58 Å². The fourth-order valence-corrected chi connectivity index (χ4v) is 5.06. The predicted octanol–water partition coefficient (Wildman–Crippen LogP) is 4.17. The Kier molecular flexibility index (Phi) is 5.72. The Morgan fingerprint density at radius 1 is 1.06 bits per heavy atom. The van der Waals surface area contributed by atoms with Crippen LogP contribution in [-0.2, 0) is 13.6 Å². The minimum absolute atomic E-state index is 0.431. The van der Waals surface area contributed by atoms with Crippen molar-refractivity contribution in [3.63, 3.8) is 0 Å². The molecular weight excluding hydrogens is 384 g/mol. The molecule has 0 unspecified atom stereocenters. The lowest BCUT2D eigenvalue weighted by atomic mass is 9.91. The fraction of sp³-hybridized carbons (Fsp3) is 0.480. The van der Waals surface area contributed by atoms with Gasteiger partial charge in [0.2, 0.25) is 5.95 Å². The van der Waals surface area contributed by atoms with Crippen LogP contribution in [0.15, 0.2) is 42.7 Å². The number of anilines is 1. The molecule has 3 aromatic rings. The molecule has 6 nitrogen and oxygen atoms in total. The van der Waals surface area contributed by atoms with Gasteiger partial charge in [0.25, 0.3) is 0 Å². The SMILES string of the molecule is Cc1cccc(CN2CCC[C@@H](c3nn(C)cc3-c3ccnc(N4CCCC4)n3)C2)c1. The van der Waals surface area contributed by atoms with Gasteiger partial charge in [0.05, 0.1) is 11.4 Å². The molecule has 0 amide bonds. The summed E-state index contributed by atoms with van der Waals surface area (Å²) in [6, 6.07) is 10.9. The Hall–Kier alpha value is -2.73. The highest BCUT2D eigenvalue weighted by molar-refractivity contribution is 5.63. The van der Waals surface area contributed by atoms with Crippen LogP contribution in [0.4, 0.5) is 5.95 Å². The Morgan fingerprint density at radius 3 is 2.77 bits per heavy atom. The summed E-state index contributed by atoms with van der Waals surface area (Å²) in [4.78, 5) is 14.4. The molecule has 2 aliphatic rings. The van der Waals surface area contributed by atoms with Crippen LogP contribution in [0.25, 0.3) is 11.3 Å². The van der Waals surface area contributed by atoms with E-state index >= 15 is 0 Å². The average Bonchev–Trinajstić information content (AvgIpc) is 3.44. The highest BCUT2D eigenvalue weighted by Crippen LogP contribution is 2.34. The molecular formula is C25H32N6. The van der Waals surface area contributed by atoms with E-state index in [1.807, 2.05) is 24.0 Å². The van der Waals surface area contributed by atoms with Gasteiger partial charge in [-0.2, -0.15) is 5.10 Å². The number of aryl methyl sites for hydroxylation is 2. The van der Waals surface area contributed by atoms with Crippen molar-refractivity contribution in [1.29, 1.82) is 0 Å².